The van der Waals surface area contributed by atoms with E-state index in [-0.39, 0.29) is 23.5 Å². The van der Waals surface area contributed by atoms with Crippen molar-refractivity contribution in [3.8, 4) is 17.2 Å². The molecule has 0 aromatic heterocycles. The summed E-state index contributed by atoms with van der Waals surface area (Å²) in [5, 5.41) is 9.17. The molecule has 0 radical (unpaired) electrons. The second kappa shape index (κ2) is 28.3. The average Bonchev–Trinajstić information content (AvgIpc) is 3.49. The molecule has 6 aromatic rings. The molecule has 0 spiro atoms. The molecule has 0 bridgehead atoms. The van der Waals surface area contributed by atoms with Crippen LogP contribution in [0.5, 0.6) is 17.2 Å². The third-order valence-electron chi connectivity index (χ3n) is 14.0. The summed E-state index contributed by atoms with van der Waals surface area (Å²) in [6.45, 7) is 8.50. The Bertz CT molecular complexity index is 3070. The summed E-state index contributed by atoms with van der Waals surface area (Å²) in [6.07, 6.45) is -0.144. The zero-order valence-electron chi connectivity index (χ0n) is 48.2. The average molecular weight is 1120 g/mol. The number of fused-ring (bicyclic) bond motifs is 3. The Labute approximate surface area is 479 Å². The van der Waals surface area contributed by atoms with Crippen LogP contribution in [0, 0.1) is 20.8 Å². The number of ether oxygens (including phenoxy) is 5. The number of carbonyl (C=O) groups excluding carboxylic acids is 6. The summed E-state index contributed by atoms with van der Waals surface area (Å²) in [6, 6.07) is 39.0. The van der Waals surface area contributed by atoms with Crippen LogP contribution in [0.2, 0.25) is 0 Å². The monoisotopic (exact) mass is 1120 g/mol. The molecule has 3 amide bonds. The molecule has 6 aromatic carbocycles. The van der Waals surface area contributed by atoms with Crippen LogP contribution in [0.25, 0.3) is 0 Å². The van der Waals surface area contributed by atoms with Crippen LogP contribution in [-0.4, -0.2) is 137 Å². The van der Waals surface area contributed by atoms with Crippen LogP contribution in [0.3, 0.4) is 0 Å². The summed E-state index contributed by atoms with van der Waals surface area (Å²) >= 11 is 0. The SMILES string of the molecule is COC(=O)c1ccc2c(c1)N(Cc1ccc(C)cc1)C(=O)C(CCN(C)C)O2.COC(=O)c1ccc2c(c1)N(Cc1ccc(C)cc1)C(=O)C(CCN)O2.Cc1ccc(CN2C(=O)C(CCN(C)C)Oc3ccc(C(=O)CO)cc32)cc1. The third kappa shape index (κ3) is 15.5. The van der Waals surface area contributed by atoms with Crippen LogP contribution in [0.15, 0.2) is 127 Å². The maximum Gasteiger partial charge on any atom is 0.337 e. The highest BCUT2D eigenvalue weighted by molar-refractivity contribution is 6.04. The Kier molecular flexibility index (Phi) is 21.1. The second-order valence-corrected chi connectivity index (χ2v) is 20.9. The molecule has 3 unspecified atom stereocenters. The fourth-order valence-corrected chi connectivity index (χ4v) is 9.29. The Hall–Kier alpha value is -8.42. The van der Waals surface area contributed by atoms with Crippen molar-refractivity contribution < 1.29 is 57.6 Å². The summed E-state index contributed by atoms with van der Waals surface area (Å²) in [5.41, 5.74) is 14.9. The van der Waals surface area contributed by atoms with Crippen LogP contribution in [0.4, 0.5) is 17.1 Å². The van der Waals surface area contributed by atoms with Gasteiger partial charge in [-0.1, -0.05) is 89.5 Å². The first-order valence-corrected chi connectivity index (χ1v) is 27.1. The normalized spacial score (nSPS) is 16.0. The van der Waals surface area contributed by atoms with Crippen LogP contribution >= 0.6 is 0 Å². The number of aliphatic hydroxyl groups is 1. The second-order valence-electron chi connectivity index (χ2n) is 20.9. The smallest absolute Gasteiger partial charge is 0.337 e. The summed E-state index contributed by atoms with van der Waals surface area (Å²) in [5.74, 6) is 0.0575. The Morgan fingerprint density at radius 1 is 0.488 bits per heavy atom. The largest absolute Gasteiger partial charge is 0.478 e. The number of nitrogens with zero attached hydrogens (tertiary/aromatic N) is 5. The van der Waals surface area contributed by atoms with Gasteiger partial charge in [-0.05, 0) is 127 Å². The number of ketones is 1. The highest BCUT2D eigenvalue weighted by Gasteiger charge is 2.38. The minimum Gasteiger partial charge on any atom is -0.478 e. The van der Waals surface area contributed by atoms with Crippen molar-refractivity contribution in [2.45, 2.75) is 78.0 Å². The number of esters is 2. The van der Waals surface area contributed by atoms with Gasteiger partial charge >= 0.3 is 11.9 Å². The number of amides is 3. The molecule has 9 rings (SSSR count). The molecule has 3 N–H and O–H groups in total. The van der Waals surface area contributed by atoms with Gasteiger partial charge in [-0.15, -0.1) is 0 Å². The van der Waals surface area contributed by atoms with Gasteiger partial charge in [0.2, 0.25) is 0 Å². The van der Waals surface area contributed by atoms with Gasteiger partial charge in [0, 0.05) is 37.9 Å². The summed E-state index contributed by atoms with van der Waals surface area (Å²) in [7, 11) is 10.5. The fourth-order valence-electron chi connectivity index (χ4n) is 9.29. The zero-order valence-corrected chi connectivity index (χ0v) is 48.2. The van der Waals surface area contributed by atoms with E-state index >= 15 is 0 Å². The van der Waals surface area contributed by atoms with E-state index in [0.29, 0.717) is 96.4 Å². The van der Waals surface area contributed by atoms with Gasteiger partial charge in [-0.2, -0.15) is 0 Å². The first-order valence-electron chi connectivity index (χ1n) is 27.1. The van der Waals surface area contributed by atoms with E-state index in [4.69, 9.17) is 34.5 Å². The molecule has 18 heteroatoms. The molecular formula is C64H74N6O12. The van der Waals surface area contributed by atoms with Gasteiger partial charge in [0.25, 0.3) is 17.7 Å². The molecule has 0 saturated carbocycles. The number of anilines is 3. The van der Waals surface area contributed by atoms with E-state index in [9.17, 15) is 28.8 Å². The lowest BCUT2D eigenvalue weighted by atomic mass is 10.0. The minimum absolute atomic E-state index is 0.100. The molecular weight excluding hydrogens is 1040 g/mol. The standard InChI is InChI=1S/2C22H26N2O4.C20H22N2O4/c1-15-5-7-16(8-6-15)14-24-18-13-17(22(26)27-4)9-10-19(18)28-20(21(24)25)11-12-23(2)3;1-15-4-6-16(7-5-15)13-24-18-12-17(19(26)14-25)8-9-20(18)28-21(22(24)27)10-11-23(2)3;1-13-3-5-14(6-4-13)12-22-16-11-15(20(24)25-2)7-8-17(16)26-18(9-10-21)19(22)23/h5-10,13,20H,11-12,14H2,1-4H3;4-9,12,21,25H,10-11,13-14H2,1-3H3;3-8,11,18H,9-10,12,21H2,1-2H3. The van der Waals surface area contributed by atoms with Crippen LogP contribution < -0.4 is 34.6 Å². The molecule has 3 aliphatic heterocycles. The highest BCUT2D eigenvalue weighted by Crippen LogP contribution is 2.40. The topological polar surface area (TPSA) is 211 Å². The van der Waals surface area contributed by atoms with E-state index < -0.39 is 36.9 Å². The molecule has 3 heterocycles. The van der Waals surface area contributed by atoms with E-state index in [1.807, 2.05) is 132 Å². The Morgan fingerprint density at radius 3 is 1.09 bits per heavy atom. The molecule has 0 aliphatic carbocycles. The van der Waals surface area contributed by atoms with E-state index in [2.05, 4.69) is 0 Å². The molecule has 82 heavy (non-hydrogen) atoms. The molecule has 3 atom stereocenters. The van der Waals surface area contributed by atoms with Crippen molar-refractivity contribution in [1.82, 2.24) is 9.80 Å². The lowest BCUT2D eigenvalue weighted by molar-refractivity contribution is -0.127. The van der Waals surface area contributed by atoms with E-state index in [0.717, 1.165) is 46.5 Å². The van der Waals surface area contributed by atoms with Crippen LogP contribution in [-0.2, 0) is 43.5 Å². The first-order chi connectivity index (χ1) is 39.3. The van der Waals surface area contributed by atoms with Gasteiger partial charge in [0.15, 0.2) is 24.1 Å². The lowest BCUT2D eigenvalue weighted by Gasteiger charge is -2.35. The molecule has 432 valence electrons. The van der Waals surface area contributed by atoms with Crippen molar-refractivity contribution in [1.29, 1.82) is 0 Å². The fraction of sp³-hybridized carbons (Fsp3) is 0.344. The van der Waals surface area contributed by atoms with Crippen molar-refractivity contribution >= 4 is 52.5 Å². The maximum atomic E-state index is 13.2. The molecule has 3 aliphatic rings. The number of aliphatic hydroxyl groups excluding tert-OH is 1. The van der Waals surface area contributed by atoms with Gasteiger partial charge in [-0.25, -0.2) is 9.59 Å². The Morgan fingerprint density at radius 2 is 0.793 bits per heavy atom. The zero-order chi connectivity index (χ0) is 59.2. The number of aryl methyl sites for hydroxylation is 3. The number of hydrogen-bond acceptors (Lipinski definition) is 15. The van der Waals surface area contributed by atoms with Crippen molar-refractivity contribution in [3.05, 3.63) is 177 Å². The number of rotatable bonds is 18. The minimum atomic E-state index is -0.623. The van der Waals surface area contributed by atoms with Gasteiger partial charge in [0.05, 0.1) is 62.0 Å². The van der Waals surface area contributed by atoms with Gasteiger partial charge in [-0.3, -0.25) is 19.2 Å². The molecule has 0 saturated heterocycles. The Balaban J connectivity index is 0.000000177. The number of Topliss-reactive ketones (excluding diaryl/α,β-unsaturated/α-hetero) is 1. The van der Waals surface area contributed by atoms with E-state index in [1.165, 1.54) is 14.2 Å². The van der Waals surface area contributed by atoms with Crippen molar-refractivity contribution in [2.24, 2.45) is 5.73 Å². The quantitative estimate of drug-likeness (QED) is 0.0620. The van der Waals surface area contributed by atoms with Crippen molar-refractivity contribution in [2.75, 3.05) is 83.4 Å². The lowest BCUT2D eigenvalue weighted by Crippen LogP contribution is -2.46. The molecule has 18 nitrogen and oxygen atoms in total. The number of benzene rings is 6. The molecule has 0 fully saturated rings. The van der Waals surface area contributed by atoms with E-state index in [1.54, 1.807) is 69.3 Å². The van der Waals surface area contributed by atoms with Crippen molar-refractivity contribution in [3.63, 3.8) is 0 Å². The van der Waals surface area contributed by atoms with Gasteiger partial charge in [0.1, 0.15) is 23.9 Å². The number of nitrogens with two attached hydrogens (primary N) is 1. The van der Waals surface area contributed by atoms with Gasteiger partial charge < -0.3 is 59.0 Å². The number of hydrogen-bond donors (Lipinski definition) is 2. The van der Waals surface area contributed by atoms with Crippen LogP contribution in [0.1, 0.15) is 83.7 Å². The number of carbonyl (C=O) groups is 6. The number of methoxy groups -OCH3 is 2. The maximum absolute atomic E-state index is 13.2. The predicted molar refractivity (Wildman–Crippen MR) is 314 cm³/mol. The highest BCUT2D eigenvalue weighted by atomic mass is 16.5. The first kappa shape index (κ1) is 61.2. The third-order valence-corrected chi connectivity index (χ3v) is 14.0. The summed E-state index contributed by atoms with van der Waals surface area (Å²) < 4.78 is 27.4. The predicted octanol–water partition coefficient (Wildman–Crippen LogP) is 7.87. The summed E-state index contributed by atoms with van der Waals surface area (Å²) in [4.78, 5) is 84.1.